The van der Waals surface area contributed by atoms with E-state index >= 15 is 0 Å². The van der Waals surface area contributed by atoms with Gasteiger partial charge in [-0.1, -0.05) is 0 Å². The van der Waals surface area contributed by atoms with Gasteiger partial charge in [0, 0.05) is 30.1 Å². The molecule has 10 nitrogen and oxygen atoms in total. The second-order valence-electron chi connectivity index (χ2n) is 8.69. The van der Waals surface area contributed by atoms with Crippen molar-refractivity contribution in [2.75, 3.05) is 6.54 Å². The maximum absolute atomic E-state index is 13.7. The fourth-order valence-electron chi connectivity index (χ4n) is 3.62. The predicted octanol–water partition coefficient (Wildman–Crippen LogP) is 1.53. The van der Waals surface area contributed by atoms with Crippen LogP contribution in [0, 0.1) is 5.82 Å². The Morgan fingerprint density at radius 1 is 1.28 bits per heavy atom. The summed E-state index contributed by atoms with van der Waals surface area (Å²) in [6.07, 6.45) is 1.36. The molecule has 32 heavy (non-hydrogen) atoms. The lowest BCUT2D eigenvalue weighted by atomic mass is 9.97. The Morgan fingerprint density at radius 3 is 2.44 bits per heavy atom. The first-order valence-electron chi connectivity index (χ1n) is 10.2. The minimum Gasteiger partial charge on any atom is -0.473 e. The fourth-order valence-corrected chi connectivity index (χ4v) is 3.62. The molecule has 2 heterocycles. The van der Waals surface area contributed by atoms with Crippen LogP contribution in [-0.4, -0.2) is 67.2 Å². The number of carboxylic acid groups (broad SMARTS) is 2. The van der Waals surface area contributed by atoms with Gasteiger partial charge in [0.25, 0.3) is 5.91 Å². The van der Waals surface area contributed by atoms with Gasteiger partial charge in [-0.15, -0.1) is 0 Å². The summed E-state index contributed by atoms with van der Waals surface area (Å²) in [5, 5.41) is 36.0. The molecule has 3 rings (SSSR count). The molecule has 5 N–H and O–H groups in total. The molecule has 0 aliphatic carbocycles. The third-order valence-electron chi connectivity index (χ3n) is 4.86. The number of rotatable bonds is 5. The highest BCUT2D eigenvalue weighted by molar-refractivity contribution is 6.27. The van der Waals surface area contributed by atoms with Crippen LogP contribution in [0.3, 0.4) is 0 Å². The average molecular weight is 452 g/mol. The van der Waals surface area contributed by atoms with Crippen LogP contribution in [0.15, 0.2) is 18.2 Å². The highest BCUT2D eigenvalue weighted by atomic mass is 19.1. The number of carboxylic acids is 2. The number of benzene rings is 1. The SMILES string of the molecule is CC(C)n1nc(C(=O)N[C@@H]2CN[C@H](CC(C)(C)O)C2)c2cc(F)ccc21.O=C(O)C(=O)O. The van der Waals surface area contributed by atoms with Crippen LogP contribution in [0.25, 0.3) is 10.9 Å². The van der Waals surface area contributed by atoms with Crippen LogP contribution in [0.4, 0.5) is 4.39 Å². The van der Waals surface area contributed by atoms with Gasteiger partial charge in [-0.3, -0.25) is 9.48 Å². The van der Waals surface area contributed by atoms with Crippen molar-refractivity contribution < 1.29 is 34.1 Å². The molecule has 1 aromatic heterocycles. The zero-order valence-electron chi connectivity index (χ0n) is 18.4. The normalized spacial score (nSPS) is 18.3. The topological polar surface area (TPSA) is 154 Å². The van der Waals surface area contributed by atoms with E-state index < -0.39 is 17.5 Å². The van der Waals surface area contributed by atoms with Crippen LogP contribution in [0.5, 0.6) is 0 Å². The van der Waals surface area contributed by atoms with E-state index in [0.717, 1.165) is 11.9 Å². The van der Waals surface area contributed by atoms with Crippen LogP contribution >= 0.6 is 0 Å². The van der Waals surface area contributed by atoms with Crippen molar-refractivity contribution >= 4 is 28.7 Å². The van der Waals surface area contributed by atoms with Crippen LogP contribution in [-0.2, 0) is 9.59 Å². The summed E-state index contributed by atoms with van der Waals surface area (Å²) >= 11 is 0. The van der Waals surface area contributed by atoms with E-state index in [1.165, 1.54) is 12.1 Å². The highest BCUT2D eigenvalue weighted by Gasteiger charge is 2.30. The zero-order valence-corrected chi connectivity index (χ0v) is 18.4. The Hall–Kier alpha value is -3.05. The molecule has 1 aliphatic heterocycles. The second-order valence-corrected chi connectivity index (χ2v) is 8.69. The van der Waals surface area contributed by atoms with Gasteiger partial charge in [0.05, 0.1) is 11.1 Å². The molecule has 0 bridgehead atoms. The van der Waals surface area contributed by atoms with Gasteiger partial charge in [-0.25, -0.2) is 14.0 Å². The van der Waals surface area contributed by atoms with E-state index in [1.807, 2.05) is 13.8 Å². The zero-order chi connectivity index (χ0) is 24.2. The summed E-state index contributed by atoms with van der Waals surface area (Å²) < 4.78 is 15.4. The Kier molecular flexibility index (Phi) is 7.92. The van der Waals surface area contributed by atoms with E-state index in [9.17, 15) is 14.3 Å². The number of aromatic nitrogens is 2. The minimum atomic E-state index is -1.82. The number of hydrogen-bond acceptors (Lipinski definition) is 6. The van der Waals surface area contributed by atoms with Crippen molar-refractivity contribution in [3.05, 3.63) is 29.7 Å². The standard InChI is InChI=1S/C19H27FN4O2.C2H2O4/c1-11(2)24-16-6-5-12(20)7-15(16)17(23-24)18(25)22-14-8-13(21-10-14)9-19(3,4)26;3-1(4)2(5)6/h5-7,11,13-14,21,26H,8-10H2,1-4H3,(H,22,25);(H,3,4)(H,5,6)/t13-,14-;/m0./s1. The van der Waals surface area contributed by atoms with E-state index in [4.69, 9.17) is 19.8 Å². The van der Waals surface area contributed by atoms with Crippen molar-refractivity contribution in [2.24, 2.45) is 0 Å². The number of carbonyl (C=O) groups is 3. The summed E-state index contributed by atoms with van der Waals surface area (Å²) in [5.74, 6) is -4.33. The first-order valence-corrected chi connectivity index (χ1v) is 10.2. The van der Waals surface area contributed by atoms with Crippen LogP contribution in [0.2, 0.25) is 0 Å². The Labute approximate surface area is 184 Å². The number of aliphatic hydroxyl groups is 1. The molecule has 0 unspecified atom stereocenters. The minimum absolute atomic E-state index is 0.0392. The van der Waals surface area contributed by atoms with Gasteiger partial charge < -0.3 is 26.0 Å². The first kappa shape index (κ1) is 25.2. The number of nitrogens with zero attached hydrogens (tertiary/aromatic N) is 2. The number of halogens is 1. The average Bonchev–Trinajstić information content (AvgIpc) is 3.24. The molecule has 11 heteroatoms. The molecule has 0 radical (unpaired) electrons. The number of hydrogen-bond donors (Lipinski definition) is 5. The largest absolute Gasteiger partial charge is 0.473 e. The maximum Gasteiger partial charge on any atom is 0.414 e. The van der Waals surface area contributed by atoms with Gasteiger partial charge in [0.2, 0.25) is 0 Å². The van der Waals surface area contributed by atoms with Gasteiger partial charge in [0.15, 0.2) is 5.69 Å². The van der Waals surface area contributed by atoms with Gasteiger partial charge in [0.1, 0.15) is 5.82 Å². The molecule has 0 saturated carbocycles. The van der Waals surface area contributed by atoms with E-state index in [0.29, 0.717) is 18.4 Å². The summed E-state index contributed by atoms with van der Waals surface area (Å²) in [6, 6.07) is 4.58. The Bertz CT molecular complexity index is 986. The lowest BCUT2D eigenvalue weighted by Gasteiger charge is -2.21. The molecular formula is C21H29FN4O6. The van der Waals surface area contributed by atoms with E-state index in [1.54, 1.807) is 24.6 Å². The van der Waals surface area contributed by atoms with Crippen LogP contribution in [0.1, 0.15) is 57.1 Å². The molecular weight excluding hydrogens is 423 g/mol. The fraction of sp³-hybridized carbons (Fsp3) is 0.524. The smallest absolute Gasteiger partial charge is 0.414 e. The third kappa shape index (κ3) is 6.72. The molecule has 2 atom stereocenters. The first-order chi connectivity index (χ1) is 14.8. The van der Waals surface area contributed by atoms with Crippen molar-refractivity contribution in [2.45, 2.75) is 64.3 Å². The number of amides is 1. The lowest BCUT2D eigenvalue weighted by Crippen LogP contribution is -2.36. The molecule has 1 amide bonds. The lowest BCUT2D eigenvalue weighted by molar-refractivity contribution is -0.159. The van der Waals surface area contributed by atoms with E-state index in [2.05, 4.69) is 15.7 Å². The second kappa shape index (κ2) is 10.0. The van der Waals surface area contributed by atoms with Gasteiger partial charge >= 0.3 is 11.9 Å². The molecule has 1 aromatic carbocycles. The third-order valence-corrected chi connectivity index (χ3v) is 4.86. The highest BCUT2D eigenvalue weighted by Crippen LogP contribution is 2.24. The quantitative estimate of drug-likeness (QED) is 0.428. The van der Waals surface area contributed by atoms with E-state index in [-0.39, 0.29) is 35.5 Å². The van der Waals surface area contributed by atoms with Crippen LogP contribution < -0.4 is 10.6 Å². The Morgan fingerprint density at radius 2 is 1.91 bits per heavy atom. The molecule has 176 valence electrons. The van der Waals surface area contributed by atoms with Gasteiger partial charge in [-0.05, 0) is 58.7 Å². The van der Waals surface area contributed by atoms with Crippen molar-refractivity contribution in [3.8, 4) is 0 Å². The number of aliphatic carboxylic acids is 2. The predicted molar refractivity (Wildman–Crippen MR) is 114 cm³/mol. The maximum atomic E-state index is 13.7. The Balaban J connectivity index is 0.000000534. The molecule has 2 aromatic rings. The van der Waals surface area contributed by atoms with Gasteiger partial charge in [-0.2, -0.15) is 5.10 Å². The summed E-state index contributed by atoms with van der Waals surface area (Å²) in [4.78, 5) is 31.0. The van der Waals surface area contributed by atoms with Crippen molar-refractivity contribution in [1.29, 1.82) is 0 Å². The monoisotopic (exact) mass is 452 g/mol. The molecule has 1 saturated heterocycles. The molecule has 1 aliphatic rings. The summed E-state index contributed by atoms with van der Waals surface area (Å²) in [6.45, 7) is 8.14. The van der Waals surface area contributed by atoms with Crippen molar-refractivity contribution in [1.82, 2.24) is 20.4 Å². The number of carbonyl (C=O) groups excluding carboxylic acids is 1. The number of nitrogens with one attached hydrogen (secondary N) is 2. The molecule has 1 fully saturated rings. The van der Waals surface area contributed by atoms with Crippen molar-refractivity contribution in [3.63, 3.8) is 0 Å². The molecule has 0 spiro atoms. The summed E-state index contributed by atoms with van der Waals surface area (Å²) in [7, 11) is 0. The summed E-state index contributed by atoms with van der Waals surface area (Å²) in [5.41, 5.74) is 0.246. The number of fused-ring (bicyclic) bond motifs is 1.